The Morgan fingerprint density at radius 1 is 1.09 bits per heavy atom. The Kier molecular flexibility index (Phi) is 9.20. The third-order valence-corrected chi connectivity index (χ3v) is 3.62. The van der Waals surface area contributed by atoms with Crippen molar-refractivity contribution in [2.75, 3.05) is 0 Å². The molecule has 0 bridgehead atoms. The molecule has 0 fully saturated rings. The number of halogens is 1. The predicted molar refractivity (Wildman–Crippen MR) is 93.2 cm³/mol. The summed E-state index contributed by atoms with van der Waals surface area (Å²) in [6, 6.07) is 19.0. The van der Waals surface area contributed by atoms with Gasteiger partial charge in [-0.25, -0.2) is 13.2 Å². The standard InChI is InChI=1S/C10H13NO4S.C6H5Br/c1-2-9(8-6-4-3-5-7-8)10(12)15-11-16(13)14;7-6-4-2-1-3-5-6/h3-7,9,16H,2H2,1H3,(H,11,13,14);1-5H. The van der Waals surface area contributed by atoms with Gasteiger partial charge in [0.2, 0.25) is 10.9 Å². The first-order valence-electron chi connectivity index (χ1n) is 6.90. The number of rotatable bonds is 5. The van der Waals surface area contributed by atoms with E-state index in [1.165, 1.54) is 0 Å². The van der Waals surface area contributed by atoms with Crippen LogP contribution < -0.4 is 4.89 Å². The van der Waals surface area contributed by atoms with Crippen molar-refractivity contribution in [2.24, 2.45) is 0 Å². The monoisotopic (exact) mass is 399 g/mol. The molecule has 0 saturated heterocycles. The number of hydrogen-bond donors (Lipinski definition) is 2. The fraction of sp³-hybridized carbons (Fsp3) is 0.188. The van der Waals surface area contributed by atoms with Gasteiger partial charge in [0.1, 0.15) is 0 Å². The summed E-state index contributed by atoms with van der Waals surface area (Å²) in [7, 11) is -2.92. The molecule has 5 nitrogen and oxygen atoms in total. The van der Waals surface area contributed by atoms with Gasteiger partial charge in [-0.05, 0) is 29.0 Å². The van der Waals surface area contributed by atoms with Gasteiger partial charge in [0.25, 0.3) is 0 Å². The van der Waals surface area contributed by atoms with E-state index >= 15 is 0 Å². The lowest BCUT2D eigenvalue weighted by Gasteiger charge is -2.12. The first-order chi connectivity index (χ1) is 11.0. The van der Waals surface area contributed by atoms with Crippen LogP contribution in [0.2, 0.25) is 0 Å². The molecule has 0 aliphatic heterocycles. The van der Waals surface area contributed by atoms with Gasteiger partial charge >= 0.3 is 5.97 Å². The molecule has 1 N–H and O–H groups in total. The molecule has 1 unspecified atom stereocenters. The molecule has 2 aromatic rings. The number of carbonyl (C=O) groups is 1. The van der Waals surface area contributed by atoms with Crippen LogP contribution in [0, 0.1) is 0 Å². The lowest BCUT2D eigenvalue weighted by Crippen LogP contribution is -2.23. The molecule has 0 aliphatic rings. The van der Waals surface area contributed by atoms with Crippen LogP contribution in [0.25, 0.3) is 0 Å². The lowest BCUT2D eigenvalue weighted by molar-refractivity contribution is -0.149. The van der Waals surface area contributed by atoms with E-state index in [1.807, 2.05) is 55.5 Å². The van der Waals surface area contributed by atoms with Gasteiger partial charge in [0.15, 0.2) is 0 Å². The molecule has 2 rings (SSSR count). The minimum atomic E-state index is -2.92. The van der Waals surface area contributed by atoms with Crippen molar-refractivity contribution in [3.8, 4) is 0 Å². The first-order valence-corrected chi connectivity index (χ1v) is 8.87. The zero-order valence-corrected chi connectivity index (χ0v) is 15.0. The van der Waals surface area contributed by atoms with Gasteiger partial charge in [0, 0.05) is 4.47 Å². The average Bonchev–Trinajstić information content (AvgIpc) is 2.56. The molecule has 124 valence electrons. The largest absolute Gasteiger partial charge is 0.355 e. The van der Waals surface area contributed by atoms with E-state index in [0.29, 0.717) is 6.42 Å². The van der Waals surface area contributed by atoms with Crippen LogP contribution in [-0.4, -0.2) is 14.4 Å². The highest BCUT2D eigenvalue weighted by Crippen LogP contribution is 2.20. The Hall–Kier alpha value is -1.70. The molecular formula is C16H18BrNO4S. The number of thiol groups is 1. The molecule has 0 aliphatic carbocycles. The Morgan fingerprint density at radius 3 is 2.00 bits per heavy atom. The molecule has 0 radical (unpaired) electrons. The van der Waals surface area contributed by atoms with E-state index in [0.717, 1.165) is 10.0 Å². The average molecular weight is 400 g/mol. The van der Waals surface area contributed by atoms with Gasteiger partial charge in [-0.3, -0.25) is 0 Å². The SMILES string of the molecule is Brc1ccccc1.CCC(C(=O)ON[SH](=O)=O)c1ccccc1. The van der Waals surface area contributed by atoms with Crippen LogP contribution in [0.4, 0.5) is 0 Å². The normalized spacial score (nSPS) is 11.3. The molecule has 0 spiro atoms. The molecule has 7 heteroatoms. The molecule has 0 aromatic heterocycles. The van der Waals surface area contributed by atoms with E-state index in [2.05, 4.69) is 20.8 Å². The molecule has 0 saturated carbocycles. The second-order valence-electron chi connectivity index (χ2n) is 4.44. The lowest BCUT2D eigenvalue weighted by atomic mass is 9.97. The fourth-order valence-corrected chi connectivity index (χ4v) is 2.26. The van der Waals surface area contributed by atoms with Gasteiger partial charge in [-0.15, -0.1) is 0 Å². The quantitative estimate of drug-likeness (QED) is 0.597. The maximum atomic E-state index is 11.5. The van der Waals surface area contributed by atoms with Crippen LogP contribution in [0.3, 0.4) is 0 Å². The summed E-state index contributed by atoms with van der Waals surface area (Å²) in [4.78, 5) is 17.6. The maximum absolute atomic E-state index is 11.5. The predicted octanol–water partition coefficient (Wildman–Crippen LogP) is 3.20. The van der Waals surface area contributed by atoms with Gasteiger partial charge in [-0.1, -0.05) is 71.4 Å². The summed E-state index contributed by atoms with van der Waals surface area (Å²) in [6.45, 7) is 1.83. The highest BCUT2D eigenvalue weighted by molar-refractivity contribution is 9.10. The minimum absolute atomic E-state index is 0.455. The Labute approximate surface area is 145 Å². The zero-order valence-electron chi connectivity index (χ0n) is 12.5. The summed E-state index contributed by atoms with van der Waals surface area (Å²) >= 11 is 3.31. The molecule has 2 aromatic carbocycles. The smallest absolute Gasteiger partial charge is 0.333 e. The molecule has 1 atom stereocenters. The second-order valence-corrected chi connectivity index (χ2v) is 6.05. The summed E-state index contributed by atoms with van der Waals surface area (Å²) in [5.74, 6) is -1.06. The topological polar surface area (TPSA) is 72.5 Å². The van der Waals surface area contributed by atoms with Crippen molar-refractivity contribution in [2.45, 2.75) is 19.3 Å². The molecular weight excluding hydrogens is 382 g/mol. The maximum Gasteiger partial charge on any atom is 0.333 e. The van der Waals surface area contributed by atoms with Gasteiger partial charge < -0.3 is 4.84 Å². The number of hydrogen-bond acceptors (Lipinski definition) is 4. The molecule has 0 amide bonds. The Balaban J connectivity index is 0.000000313. The summed E-state index contributed by atoms with van der Waals surface area (Å²) in [5.41, 5.74) is 0.804. The number of nitrogens with one attached hydrogen (secondary N) is 1. The molecule has 0 heterocycles. The van der Waals surface area contributed by atoms with Crippen molar-refractivity contribution >= 4 is 32.8 Å². The summed E-state index contributed by atoms with van der Waals surface area (Å²) in [6.07, 6.45) is 0.542. The van der Waals surface area contributed by atoms with Crippen LogP contribution in [-0.2, 0) is 20.5 Å². The van der Waals surface area contributed by atoms with Crippen LogP contribution in [0.15, 0.2) is 65.1 Å². The van der Waals surface area contributed by atoms with Crippen LogP contribution in [0.1, 0.15) is 24.8 Å². The molecule has 23 heavy (non-hydrogen) atoms. The Morgan fingerprint density at radius 2 is 1.61 bits per heavy atom. The number of carbonyl (C=O) groups excluding carboxylic acids is 1. The van der Waals surface area contributed by atoms with Crippen molar-refractivity contribution < 1.29 is 18.0 Å². The van der Waals surface area contributed by atoms with E-state index in [4.69, 9.17) is 0 Å². The summed E-state index contributed by atoms with van der Waals surface area (Å²) in [5, 5.41) is 0. The highest BCUT2D eigenvalue weighted by Gasteiger charge is 2.20. The van der Waals surface area contributed by atoms with Crippen LogP contribution >= 0.6 is 15.9 Å². The van der Waals surface area contributed by atoms with Crippen LogP contribution in [0.5, 0.6) is 0 Å². The highest BCUT2D eigenvalue weighted by atomic mass is 79.9. The van der Waals surface area contributed by atoms with Crippen molar-refractivity contribution in [1.29, 1.82) is 0 Å². The Bertz CT molecular complexity index is 654. The van der Waals surface area contributed by atoms with Gasteiger partial charge in [0.05, 0.1) is 5.92 Å². The fourth-order valence-electron chi connectivity index (χ4n) is 1.79. The zero-order chi connectivity index (χ0) is 17.1. The first kappa shape index (κ1) is 19.3. The number of benzene rings is 2. The van der Waals surface area contributed by atoms with Crippen molar-refractivity contribution in [1.82, 2.24) is 4.89 Å². The van der Waals surface area contributed by atoms with Gasteiger partial charge in [-0.2, -0.15) is 0 Å². The third kappa shape index (κ3) is 7.92. The van der Waals surface area contributed by atoms with Crippen molar-refractivity contribution in [3.05, 3.63) is 70.7 Å². The van der Waals surface area contributed by atoms with E-state index in [1.54, 1.807) is 17.0 Å². The van der Waals surface area contributed by atoms with E-state index in [9.17, 15) is 13.2 Å². The van der Waals surface area contributed by atoms with E-state index < -0.39 is 22.8 Å². The van der Waals surface area contributed by atoms with E-state index in [-0.39, 0.29) is 0 Å². The minimum Gasteiger partial charge on any atom is -0.355 e. The van der Waals surface area contributed by atoms with Crippen molar-refractivity contribution in [3.63, 3.8) is 0 Å². The third-order valence-electron chi connectivity index (χ3n) is 2.85. The second kappa shape index (κ2) is 10.9. The summed E-state index contributed by atoms with van der Waals surface area (Å²) < 4.78 is 21.5.